The number of fused-ring (bicyclic) bond motifs is 1. The van der Waals surface area contributed by atoms with E-state index in [0.717, 1.165) is 15.1 Å². The van der Waals surface area contributed by atoms with Crippen molar-refractivity contribution in [2.45, 2.75) is 11.3 Å². The molecule has 2 aromatic carbocycles. The average molecular weight is 365 g/mol. The maximum atomic E-state index is 12.2. The predicted octanol–water partition coefficient (Wildman–Crippen LogP) is 4.54. The van der Waals surface area contributed by atoms with E-state index in [0.29, 0.717) is 23.5 Å². The van der Waals surface area contributed by atoms with Gasteiger partial charge in [-0.3, -0.25) is 4.79 Å². The highest BCUT2D eigenvalue weighted by atomic mass is 79.9. The van der Waals surface area contributed by atoms with Gasteiger partial charge in [0.2, 0.25) is 6.79 Å². The van der Waals surface area contributed by atoms with Crippen LogP contribution in [-0.2, 0) is 0 Å². The zero-order chi connectivity index (χ0) is 14.7. The Kier molecular flexibility index (Phi) is 4.51. The summed E-state index contributed by atoms with van der Waals surface area (Å²) in [5, 5.41) is 0. The predicted molar refractivity (Wildman–Crippen MR) is 86.4 cm³/mol. The van der Waals surface area contributed by atoms with Gasteiger partial charge in [0.15, 0.2) is 17.3 Å². The van der Waals surface area contributed by atoms with Gasteiger partial charge in [-0.15, -0.1) is 11.8 Å². The van der Waals surface area contributed by atoms with E-state index < -0.39 is 0 Å². The number of Topliss-reactive ketones (excluding diaryl/α,β-unsaturated/α-hetero) is 1. The Hall–Kier alpha value is -1.46. The first-order valence-corrected chi connectivity index (χ1v) is 8.31. The minimum atomic E-state index is 0.123. The first-order chi connectivity index (χ1) is 10.2. The molecule has 1 heterocycles. The van der Waals surface area contributed by atoms with Crippen molar-refractivity contribution in [1.29, 1.82) is 0 Å². The summed E-state index contributed by atoms with van der Waals surface area (Å²) in [6, 6.07) is 13.4. The highest BCUT2D eigenvalue weighted by Gasteiger charge is 2.16. The Bertz CT molecular complexity index is 655. The molecule has 1 aliphatic rings. The summed E-state index contributed by atoms with van der Waals surface area (Å²) in [7, 11) is 0. The molecule has 0 atom stereocenters. The third kappa shape index (κ3) is 3.60. The number of ketones is 1. The lowest BCUT2D eigenvalue weighted by Crippen LogP contribution is -2.00. The summed E-state index contributed by atoms with van der Waals surface area (Å²) in [5.74, 6) is 2.24. The van der Waals surface area contributed by atoms with E-state index in [9.17, 15) is 4.79 Å². The highest BCUT2D eigenvalue weighted by molar-refractivity contribution is 9.10. The fourth-order valence-electron chi connectivity index (χ4n) is 2.01. The van der Waals surface area contributed by atoms with Crippen molar-refractivity contribution in [3.05, 3.63) is 52.5 Å². The van der Waals surface area contributed by atoms with Gasteiger partial charge in [0.05, 0.1) is 0 Å². The van der Waals surface area contributed by atoms with E-state index in [1.165, 1.54) is 0 Å². The maximum absolute atomic E-state index is 12.2. The van der Waals surface area contributed by atoms with E-state index in [4.69, 9.17) is 9.47 Å². The van der Waals surface area contributed by atoms with E-state index in [1.54, 1.807) is 30.0 Å². The van der Waals surface area contributed by atoms with Gasteiger partial charge in [-0.25, -0.2) is 0 Å². The van der Waals surface area contributed by atoms with E-state index >= 15 is 0 Å². The van der Waals surface area contributed by atoms with Crippen LogP contribution < -0.4 is 9.47 Å². The van der Waals surface area contributed by atoms with Crippen molar-refractivity contribution in [2.75, 3.05) is 12.5 Å². The van der Waals surface area contributed by atoms with Gasteiger partial charge < -0.3 is 9.47 Å². The molecular weight excluding hydrogens is 352 g/mol. The molecule has 0 N–H and O–H groups in total. The quantitative estimate of drug-likeness (QED) is 0.576. The highest BCUT2D eigenvalue weighted by Crippen LogP contribution is 2.33. The van der Waals surface area contributed by atoms with Crippen LogP contribution in [0.25, 0.3) is 0 Å². The molecule has 0 spiro atoms. The number of rotatable bonds is 5. The van der Waals surface area contributed by atoms with Crippen LogP contribution in [-0.4, -0.2) is 18.3 Å². The van der Waals surface area contributed by atoms with Crippen molar-refractivity contribution in [2.24, 2.45) is 0 Å². The molecule has 5 heteroatoms. The second kappa shape index (κ2) is 6.54. The monoisotopic (exact) mass is 364 g/mol. The lowest BCUT2D eigenvalue weighted by atomic mass is 10.1. The Morgan fingerprint density at radius 2 is 1.86 bits per heavy atom. The molecule has 0 saturated carbocycles. The molecule has 2 aromatic rings. The molecular formula is C16H13BrO3S. The molecule has 3 rings (SSSR count). The normalized spacial score (nSPS) is 12.4. The van der Waals surface area contributed by atoms with E-state index in [2.05, 4.69) is 15.9 Å². The third-order valence-electron chi connectivity index (χ3n) is 3.11. The topological polar surface area (TPSA) is 35.5 Å². The molecule has 0 amide bonds. The van der Waals surface area contributed by atoms with Gasteiger partial charge in [-0.05, 0) is 42.5 Å². The number of carbonyl (C=O) groups is 1. The fourth-order valence-corrected chi connectivity index (χ4v) is 3.12. The Morgan fingerprint density at radius 3 is 2.67 bits per heavy atom. The van der Waals surface area contributed by atoms with Crippen molar-refractivity contribution in [3.63, 3.8) is 0 Å². The van der Waals surface area contributed by atoms with Gasteiger partial charge in [-0.1, -0.05) is 15.9 Å². The maximum Gasteiger partial charge on any atom is 0.231 e. The van der Waals surface area contributed by atoms with E-state index in [1.807, 2.05) is 24.3 Å². The number of ether oxygens (including phenoxy) is 2. The number of hydrogen-bond donors (Lipinski definition) is 0. The second-order valence-electron chi connectivity index (χ2n) is 4.54. The second-order valence-corrected chi connectivity index (χ2v) is 6.63. The molecule has 21 heavy (non-hydrogen) atoms. The van der Waals surface area contributed by atoms with Crippen LogP contribution >= 0.6 is 27.7 Å². The van der Waals surface area contributed by atoms with Crippen LogP contribution in [0, 0.1) is 0 Å². The summed E-state index contributed by atoms with van der Waals surface area (Å²) in [5.41, 5.74) is 0.677. The summed E-state index contributed by atoms with van der Waals surface area (Å²) in [6.45, 7) is 0.229. The molecule has 0 bridgehead atoms. The minimum Gasteiger partial charge on any atom is -0.454 e. The Morgan fingerprint density at radius 1 is 1.10 bits per heavy atom. The fraction of sp³-hybridized carbons (Fsp3) is 0.188. The molecule has 0 saturated heterocycles. The van der Waals surface area contributed by atoms with Crippen molar-refractivity contribution in [1.82, 2.24) is 0 Å². The van der Waals surface area contributed by atoms with Gasteiger partial charge in [0, 0.05) is 27.1 Å². The van der Waals surface area contributed by atoms with Crippen LogP contribution in [0.1, 0.15) is 16.8 Å². The van der Waals surface area contributed by atoms with Crippen molar-refractivity contribution >= 4 is 33.5 Å². The standard InChI is InChI=1S/C16H13BrO3S/c17-12-2-4-13(5-3-12)21-8-7-14(18)11-1-6-15-16(9-11)20-10-19-15/h1-6,9H,7-8,10H2. The first-order valence-electron chi connectivity index (χ1n) is 6.53. The zero-order valence-electron chi connectivity index (χ0n) is 11.2. The van der Waals surface area contributed by atoms with Crippen molar-refractivity contribution in [3.8, 4) is 11.5 Å². The number of carbonyl (C=O) groups excluding carboxylic acids is 1. The number of benzene rings is 2. The van der Waals surface area contributed by atoms with Crippen LogP contribution in [0.15, 0.2) is 51.8 Å². The number of halogens is 1. The SMILES string of the molecule is O=C(CCSc1ccc(Br)cc1)c1ccc2c(c1)OCO2. The molecule has 0 fully saturated rings. The molecule has 0 radical (unpaired) electrons. The molecule has 0 unspecified atom stereocenters. The third-order valence-corrected chi connectivity index (χ3v) is 4.65. The summed E-state index contributed by atoms with van der Waals surface area (Å²) >= 11 is 5.09. The summed E-state index contributed by atoms with van der Waals surface area (Å²) in [6.07, 6.45) is 0.500. The van der Waals surface area contributed by atoms with Crippen LogP contribution in [0.3, 0.4) is 0 Å². The summed E-state index contributed by atoms with van der Waals surface area (Å²) in [4.78, 5) is 13.3. The lowest BCUT2D eigenvalue weighted by molar-refractivity contribution is 0.0989. The Labute approximate surface area is 135 Å². The van der Waals surface area contributed by atoms with Gasteiger partial charge in [0.1, 0.15) is 0 Å². The van der Waals surface area contributed by atoms with Crippen LogP contribution in [0.2, 0.25) is 0 Å². The summed E-state index contributed by atoms with van der Waals surface area (Å²) < 4.78 is 11.6. The van der Waals surface area contributed by atoms with Crippen LogP contribution in [0.5, 0.6) is 11.5 Å². The van der Waals surface area contributed by atoms with Gasteiger partial charge in [0.25, 0.3) is 0 Å². The lowest BCUT2D eigenvalue weighted by Gasteiger charge is -2.03. The largest absolute Gasteiger partial charge is 0.454 e. The molecule has 1 aliphatic heterocycles. The molecule has 3 nitrogen and oxygen atoms in total. The average Bonchev–Trinajstić information content (AvgIpc) is 2.96. The van der Waals surface area contributed by atoms with Gasteiger partial charge in [-0.2, -0.15) is 0 Å². The van der Waals surface area contributed by atoms with Crippen molar-refractivity contribution < 1.29 is 14.3 Å². The minimum absolute atomic E-state index is 0.123. The Balaban J connectivity index is 1.55. The number of thioether (sulfide) groups is 1. The van der Waals surface area contributed by atoms with E-state index in [-0.39, 0.29) is 12.6 Å². The molecule has 0 aromatic heterocycles. The van der Waals surface area contributed by atoms with Crippen LogP contribution in [0.4, 0.5) is 0 Å². The zero-order valence-corrected chi connectivity index (χ0v) is 13.6. The molecule has 0 aliphatic carbocycles. The first kappa shape index (κ1) is 14.5. The number of hydrogen-bond acceptors (Lipinski definition) is 4. The van der Waals surface area contributed by atoms with Gasteiger partial charge >= 0.3 is 0 Å². The smallest absolute Gasteiger partial charge is 0.231 e. The molecule has 108 valence electrons.